The zero-order chi connectivity index (χ0) is 11.7. The molecule has 1 unspecified atom stereocenters. The second-order valence-electron chi connectivity index (χ2n) is 3.58. The number of halogens is 3. The molecule has 0 saturated carbocycles. The summed E-state index contributed by atoms with van der Waals surface area (Å²) in [5.74, 6) is -1.04. The van der Waals surface area contributed by atoms with Crippen molar-refractivity contribution in [2.75, 3.05) is 13.2 Å². The van der Waals surface area contributed by atoms with Gasteiger partial charge in [0.2, 0.25) is 5.76 Å². The zero-order valence-corrected chi connectivity index (χ0v) is 8.14. The lowest BCUT2D eigenvalue weighted by molar-refractivity contribution is -0.153. The Balaban J connectivity index is 3.03. The van der Waals surface area contributed by atoms with Crippen molar-refractivity contribution in [2.45, 2.75) is 18.5 Å². The fourth-order valence-corrected chi connectivity index (χ4v) is 1.06. The molecule has 3 N–H and O–H groups in total. The molecule has 3 nitrogen and oxygen atoms in total. The molecule has 0 aromatic carbocycles. The first kappa shape index (κ1) is 12.1. The Labute approximate surface area is 84.7 Å². The summed E-state index contributed by atoms with van der Waals surface area (Å²) < 4.78 is 41.3. The fraction of sp³-hybridized carbons (Fsp3) is 0.556. The summed E-state index contributed by atoms with van der Waals surface area (Å²) in [5.41, 5.74) is 4.40. The van der Waals surface area contributed by atoms with Gasteiger partial charge >= 0.3 is 6.18 Å². The maximum absolute atomic E-state index is 12.2. The Morgan fingerprint density at radius 2 is 1.87 bits per heavy atom. The molecule has 0 aliphatic heterocycles. The van der Waals surface area contributed by atoms with E-state index in [0.717, 1.165) is 6.07 Å². The second-order valence-corrected chi connectivity index (χ2v) is 3.58. The molecule has 0 saturated heterocycles. The predicted octanol–water partition coefficient (Wildman–Crippen LogP) is 1.51. The Hall–Kier alpha value is -1.01. The summed E-state index contributed by atoms with van der Waals surface area (Å²) >= 11 is 0. The Kier molecular flexibility index (Phi) is 3.11. The first-order valence-corrected chi connectivity index (χ1v) is 4.32. The molecule has 0 radical (unpaired) electrons. The van der Waals surface area contributed by atoms with Gasteiger partial charge in [0.15, 0.2) is 0 Å². The van der Waals surface area contributed by atoms with Gasteiger partial charge in [-0.2, -0.15) is 13.2 Å². The van der Waals surface area contributed by atoms with E-state index < -0.39 is 17.4 Å². The summed E-state index contributed by atoms with van der Waals surface area (Å²) in [7, 11) is 0. The van der Waals surface area contributed by atoms with Crippen molar-refractivity contribution in [1.29, 1.82) is 0 Å². The lowest BCUT2D eigenvalue weighted by Gasteiger charge is -2.22. The number of hydrogen-bond acceptors (Lipinski definition) is 3. The van der Waals surface area contributed by atoms with Crippen molar-refractivity contribution in [3.63, 3.8) is 0 Å². The molecular weight excluding hydrogens is 211 g/mol. The number of aliphatic hydroxyl groups excluding tert-OH is 1. The second kappa shape index (κ2) is 3.86. The highest BCUT2D eigenvalue weighted by molar-refractivity contribution is 5.18. The van der Waals surface area contributed by atoms with Crippen molar-refractivity contribution in [1.82, 2.24) is 0 Å². The van der Waals surface area contributed by atoms with Gasteiger partial charge in [-0.25, -0.2) is 0 Å². The number of nitrogens with two attached hydrogens (primary N) is 1. The van der Waals surface area contributed by atoms with Crippen LogP contribution in [0.2, 0.25) is 0 Å². The molecule has 0 bridgehead atoms. The molecule has 1 aromatic rings. The van der Waals surface area contributed by atoms with E-state index in [-0.39, 0.29) is 18.9 Å². The maximum Gasteiger partial charge on any atom is 0.449 e. The highest BCUT2D eigenvalue weighted by Gasteiger charge is 2.37. The van der Waals surface area contributed by atoms with E-state index in [1.54, 1.807) is 0 Å². The van der Waals surface area contributed by atoms with Crippen LogP contribution in [0.1, 0.15) is 18.4 Å². The first-order chi connectivity index (χ1) is 6.83. The van der Waals surface area contributed by atoms with Crippen LogP contribution in [0.25, 0.3) is 0 Å². The van der Waals surface area contributed by atoms with Gasteiger partial charge in [-0.3, -0.25) is 0 Å². The molecule has 0 amide bonds. The van der Waals surface area contributed by atoms with Crippen molar-refractivity contribution in [3.8, 4) is 0 Å². The SMILES string of the molecule is CC(CN)(CO)c1ccc(C(F)(F)F)o1. The Morgan fingerprint density at radius 1 is 1.33 bits per heavy atom. The standard InChI is InChI=1S/C9H12F3NO2/c1-8(4-13,5-14)6-2-3-7(15-6)9(10,11)12/h2-3,14H,4-5,13H2,1H3. The fourth-order valence-electron chi connectivity index (χ4n) is 1.06. The van der Waals surface area contributed by atoms with Crippen LogP contribution in [0.3, 0.4) is 0 Å². The summed E-state index contributed by atoms with van der Waals surface area (Å²) in [5, 5.41) is 9.03. The minimum Gasteiger partial charge on any atom is -0.456 e. The first-order valence-electron chi connectivity index (χ1n) is 4.32. The Bertz CT molecular complexity index is 328. The molecule has 1 heterocycles. The van der Waals surface area contributed by atoms with Crippen LogP contribution >= 0.6 is 0 Å². The minimum atomic E-state index is -4.51. The molecular formula is C9H12F3NO2. The van der Waals surface area contributed by atoms with E-state index in [9.17, 15) is 13.2 Å². The van der Waals surface area contributed by atoms with Crippen molar-refractivity contribution in [3.05, 3.63) is 23.7 Å². The molecule has 6 heteroatoms. The molecule has 0 fully saturated rings. The maximum atomic E-state index is 12.2. The van der Waals surface area contributed by atoms with Crippen LogP contribution in [-0.2, 0) is 11.6 Å². The van der Waals surface area contributed by atoms with Crippen molar-refractivity contribution >= 4 is 0 Å². The van der Waals surface area contributed by atoms with E-state index in [2.05, 4.69) is 4.42 Å². The van der Waals surface area contributed by atoms with E-state index in [1.807, 2.05) is 0 Å². The number of furan rings is 1. The van der Waals surface area contributed by atoms with E-state index in [0.29, 0.717) is 0 Å². The van der Waals surface area contributed by atoms with Crippen molar-refractivity contribution in [2.24, 2.45) is 5.73 Å². The summed E-state index contributed by atoms with van der Waals surface area (Å²) in [6.07, 6.45) is -4.51. The lowest BCUT2D eigenvalue weighted by Crippen LogP contribution is -2.35. The number of alkyl halides is 3. The number of rotatable bonds is 3. The molecule has 1 aromatic heterocycles. The van der Waals surface area contributed by atoms with E-state index >= 15 is 0 Å². The van der Waals surface area contributed by atoms with Gasteiger partial charge < -0.3 is 15.3 Å². The smallest absolute Gasteiger partial charge is 0.449 e. The van der Waals surface area contributed by atoms with Crippen LogP contribution in [0, 0.1) is 0 Å². The molecule has 1 atom stereocenters. The van der Waals surface area contributed by atoms with Crippen LogP contribution < -0.4 is 5.73 Å². The Morgan fingerprint density at radius 3 is 2.20 bits per heavy atom. The van der Waals surface area contributed by atoms with Gasteiger partial charge in [0, 0.05) is 6.54 Å². The molecule has 0 spiro atoms. The molecule has 86 valence electrons. The third kappa shape index (κ3) is 2.32. The van der Waals surface area contributed by atoms with Crippen molar-refractivity contribution < 1.29 is 22.7 Å². The monoisotopic (exact) mass is 223 g/mol. The van der Waals surface area contributed by atoms with Gasteiger partial charge in [-0.1, -0.05) is 0 Å². The minimum absolute atomic E-state index is 0.00824. The predicted molar refractivity (Wildman–Crippen MR) is 47.2 cm³/mol. The average Bonchev–Trinajstić information content (AvgIpc) is 2.65. The van der Waals surface area contributed by atoms with Crippen LogP contribution in [-0.4, -0.2) is 18.3 Å². The average molecular weight is 223 g/mol. The van der Waals surface area contributed by atoms with Gasteiger partial charge in [0.1, 0.15) is 5.76 Å². The third-order valence-electron chi connectivity index (χ3n) is 2.28. The highest BCUT2D eigenvalue weighted by Crippen LogP contribution is 2.33. The van der Waals surface area contributed by atoms with Crippen LogP contribution in [0.15, 0.2) is 16.5 Å². The third-order valence-corrected chi connectivity index (χ3v) is 2.28. The van der Waals surface area contributed by atoms with Gasteiger partial charge in [0.25, 0.3) is 0 Å². The number of hydrogen-bond donors (Lipinski definition) is 2. The summed E-state index contributed by atoms with van der Waals surface area (Å²) in [6.45, 7) is 1.18. The molecule has 0 aliphatic carbocycles. The largest absolute Gasteiger partial charge is 0.456 e. The van der Waals surface area contributed by atoms with E-state index in [4.69, 9.17) is 10.8 Å². The van der Waals surface area contributed by atoms with Crippen LogP contribution in [0.4, 0.5) is 13.2 Å². The van der Waals surface area contributed by atoms with Gasteiger partial charge in [0.05, 0.1) is 12.0 Å². The summed E-state index contributed by atoms with van der Waals surface area (Å²) in [4.78, 5) is 0. The number of aliphatic hydroxyl groups is 1. The molecule has 1 rings (SSSR count). The zero-order valence-electron chi connectivity index (χ0n) is 8.14. The highest BCUT2D eigenvalue weighted by atomic mass is 19.4. The normalized spacial score (nSPS) is 16.4. The van der Waals surface area contributed by atoms with Gasteiger partial charge in [-0.15, -0.1) is 0 Å². The lowest BCUT2D eigenvalue weighted by atomic mass is 9.89. The quantitative estimate of drug-likeness (QED) is 0.816. The summed E-state index contributed by atoms with van der Waals surface area (Å²) in [6, 6.07) is 2.02. The molecule has 0 aliphatic rings. The topological polar surface area (TPSA) is 59.4 Å². The van der Waals surface area contributed by atoms with E-state index in [1.165, 1.54) is 13.0 Å². The molecule has 15 heavy (non-hydrogen) atoms. The van der Waals surface area contributed by atoms with Gasteiger partial charge in [-0.05, 0) is 19.1 Å². The van der Waals surface area contributed by atoms with Crippen LogP contribution in [0.5, 0.6) is 0 Å².